The van der Waals surface area contributed by atoms with Crippen molar-refractivity contribution in [2.45, 2.75) is 12.8 Å². The fourth-order valence-corrected chi connectivity index (χ4v) is 1.01. The Morgan fingerprint density at radius 2 is 2.21 bits per heavy atom. The molecule has 1 aromatic rings. The third kappa shape index (κ3) is 2.06. The molecule has 1 N–H and O–H groups in total. The topological polar surface area (TPSA) is 48.8 Å². The molecule has 0 amide bonds. The normalized spacial score (nSPS) is 11.4. The minimum Gasteiger partial charge on any atom is -0.378 e. The van der Waals surface area contributed by atoms with Crippen molar-refractivity contribution in [2.24, 2.45) is 0 Å². The van der Waals surface area contributed by atoms with E-state index < -0.39 is 11.9 Å². The van der Waals surface area contributed by atoms with Gasteiger partial charge >= 0.3 is 6.18 Å². The number of rotatable bonds is 2. The molecule has 0 fully saturated rings. The van der Waals surface area contributed by atoms with Gasteiger partial charge in [0.05, 0.1) is 17.9 Å². The van der Waals surface area contributed by atoms with Crippen molar-refractivity contribution in [3.8, 4) is 6.07 Å². The van der Waals surface area contributed by atoms with Crippen LogP contribution in [0, 0.1) is 11.3 Å². The van der Waals surface area contributed by atoms with E-state index in [0.29, 0.717) is 0 Å². The smallest absolute Gasteiger partial charge is 0.378 e. The molecule has 0 saturated carbocycles. The number of aromatic nitrogens is 1. The molecule has 0 aromatic carbocycles. The molecular weight excluding hydrogens is 197 g/mol. The number of halogens is 3. The lowest BCUT2D eigenvalue weighted by molar-refractivity contribution is -0.140. The number of nitrogens with one attached hydrogen (secondary N) is 1. The van der Waals surface area contributed by atoms with Crippen LogP contribution < -0.4 is 0 Å². The van der Waals surface area contributed by atoms with Crippen LogP contribution in [0.5, 0.6) is 0 Å². The van der Waals surface area contributed by atoms with Gasteiger partial charge in [-0.3, -0.25) is 0 Å². The average Bonchev–Trinajstić information content (AvgIpc) is 2.47. The zero-order valence-electron chi connectivity index (χ0n) is 7.27. The van der Waals surface area contributed by atoms with Gasteiger partial charge in [-0.1, -0.05) is 0 Å². The lowest BCUT2D eigenvalue weighted by Gasteiger charge is -2.01. The van der Waals surface area contributed by atoms with E-state index >= 15 is 0 Å². The van der Waals surface area contributed by atoms with Crippen LogP contribution in [0.1, 0.15) is 17.0 Å². The number of aromatic amines is 1. The number of alkyl halides is 3. The number of hydrogen-bond donors (Lipinski definition) is 1. The Morgan fingerprint density at radius 1 is 1.57 bits per heavy atom. The highest BCUT2D eigenvalue weighted by molar-refractivity contribution is 5.37. The molecule has 0 atom stereocenters. The van der Waals surface area contributed by atoms with Crippen LogP contribution in [0.2, 0.25) is 0 Å². The number of nitrogens with zero attached hydrogens (tertiary/aromatic N) is 1. The zero-order valence-corrected chi connectivity index (χ0v) is 7.27. The number of H-pyrrole nitrogens is 1. The third-order valence-corrected chi connectivity index (χ3v) is 1.61. The molecule has 14 heavy (non-hydrogen) atoms. The molecule has 3 nitrogen and oxygen atoms in total. The van der Waals surface area contributed by atoms with Gasteiger partial charge in [-0.25, -0.2) is 0 Å². The molecule has 0 radical (unpaired) electrons. The van der Waals surface area contributed by atoms with Crippen molar-refractivity contribution in [1.82, 2.24) is 4.98 Å². The minimum atomic E-state index is -4.46. The molecule has 0 saturated heterocycles. The predicted molar refractivity (Wildman–Crippen MR) is 41.2 cm³/mol. The maximum absolute atomic E-state index is 12.2. The summed E-state index contributed by atoms with van der Waals surface area (Å²) in [6.45, 7) is -0.0427. The number of ether oxygens (including phenoxy) is 1. The quantitative estimate of drug-likeness (QED) is 0.801. The molecule has 1 aromatic heterocycles. The van der Waals surface area contributed by atoms with Gasteiger partial charge in [-0.2, -0.15) is 18.4 Å². The van der Waals surface area contributed by atoms with Crippen molar-refractivity contribution in [3.05, 3.63) is 23.0 Å². The van der Waals surface area contributed by atoms with E-state index in [1.54, 1.807) is 6.07 Å². The summed E-state index contributed by atoms with van der Waals surface area (Å²) in [5.41, 5.74) is -0.831. The summed E-state index contributed by atoms with van der Waals surface area (Å²) < 4.78 is 41.2. The Morgan fingerprint density at radius 3 is 2.64 bits per heavy atom. The van der Waals surface area contributed by atoms with Crippen molar-refractivity contribution in [3.63, 3.8) is 0 Å². The van der Waals surface area contributed by atoms with Gasteiger partial charge in [-0.05, 0) is 6.07 Å². The summed E-state index contributed by atoms with van der Waals surface area (Å²) in [7, 11) is 1.34. The highest BCUT2D eigenvalue weighted by atomic mass is 19.4. The second kappa shape index (κ2) is 3.72. The van der Waals surface area contributed by atoms with E-state index in [1.807, 2.05) is 0 Å². The van der Waals surface area contributed by atoms with Crippen LogP contribution in [0.4, 0.5) is 13.2 Å². The highest BCUT2D eigenvalue weighted by Crippen LogP contribution is 2.29. The van der Waals surface area contributed by atoms with Gasteiger partial charge < -0.3 is 9.72 Å². The number of hydrogen-bond acceptors (Lipinski definition) is 2. The van der Waals surface area contributed by atoms with Gasteiger partial charge in [-0.15, -0.1) is 0 Å². The predicted octanol–water partition coefficient (Wildman–Crippen LogP) is 2.05. The van der Waals surface area contributed by atoms with E-state index in [1.165, 1.54) is 7.11 Å². The van der Waals surface area contributed by atoms with Crippen LogP contribution in [-0.4, -0.2) is 12.1 Å². The second-order valence-electron chi connectivity index (χ2n) is 2.62. The zero-order chi connectivity index (χ0) is 10.8. The van der Waals surface area contributed by atoms with Crippen molar-refractivity contribution < 1.29 is 17.9 Å². The molecule has 0 aliphatic carbocycles. The Kier molecular flexibility index (Phi) is 2.81. The van der Waals surface area contributed by atoms with E-state index in [-0.39, 0.29) is 17.9 Å². The summed E-state index contributed by atoms with van der Waals surface area (Å²) >= 11 is 0. The summed E-state index contributed by atoms with van der Waals surface area (Å²) in [6.07, 6.45) is -4.46. The van der Waals surface area contributed by atoms with Gasteiger partial charge in [0.2, 0.25) is 0 Å². The number of methoxy groups -OCH3 is 1. The van der Waals surface area contributed by atoms with Gasteiger partial charge in [0.15, 0.2) is 0 Å². The van der Waals surface area contributed by atoms with Crippen LogP contribution in [-0.2, 0) is 17.5 Å². The molecule has 6 heteroatoms. The summed E-state index contributed by atoms with van der Waals surface area (Å²) in [5, 5.41) is 8.53. The van der Waals surface area contributed by atoms with E-state index in [0.717, 1.165) is 6.07 Å². The van der Waals surface area contributed by atoms with Crippen molar-refractivity contribution in [1.29, 1.82) is 5.26 Å². The largest absolute Gasteiger partial charge is 0.431 e. The Labute approximate surface area is 78.1 Å². The molecule has 1 rings (SSSR count). The first-order chi connectivity index (χ1) is 6.49. The monoisotopic (exact) mass is 204 g/mol. The van der Waals surface area contributed by atoms with Gasteiger partial charge in [0.25, 0.3) is 0 Å². The third-order valence-electron chi connectivity index (χ3n) is 1.61. The summed E-state index contributed by atoms with van der Waals surface area (Å²) in [6, 6.07) is 2.43. The first kappa shape index (κ1) is 10.6. The lowest BCUT2D eigenvalue weighted by Crippen LogP contribution is -2.05. The summed E-state index contributed by atoms with van der Waals surface area (Å²) in [5.74, 6) is 0. The van der Waals surface area contributed by atoms with E-state index in [9.17, 15) is 13.2 Å². The van der Waals surface area contributed by atoms with E-state index in [2.05, 4.69) is 9.72 Å². The minimum absolute atomic E-state index is 0.0424. The SMILES string of the molecule is COCc1[nH]c(C(F)(F)F)cc1C#N. The molecule has 1 heterocycles. The Hall–Kier alpha value is -1.48. The fraction of sp³-hybridized carbons (Fsp3) is 0.375. The fourth-order valence-electron chi connectivity index (χ4n) is 1.01. The van der Waals surface area contributed by atoms with Crippen molar-refractivity contribution in [2.75, 3.05) is 7.11 Å². The average molecular weight is 204 g/mol. The Bertz CT molecular complexity index is 362. The summed E-state index contributed by atoms with van der Waals surface area (Å²) in [4.78, 5) is 2.10. The standard InChI is InChI=1S/C8H7F3N2O/c1-14-4-6-5(3-12)2-7(13-6)8(9,10)11/h2,13H,4H2,1H3. The first-order valence-electron chi connectivity index (χ1n) is 3.67. The van der Waals surface area contributed by atoms with Crippen LogP contribution in [0.15, 0.2) is 6.07 Å². The molecular formula is C8H7F3N2O. The van der Waals surface area contributed by atoms with Crippen LogP contribution in [0.25, 0.3) is 0 Å². The maximum atomic E-state index is 12.2. The second-order valence-corrected chi connectivity index (χ2v) is 2.62. The maximum Gasteiger partial charge on any atom is 0.431 e. The molecule has 0 unspecified atom stereocenters. The molecule has 0 spiro atoms. The molecule has 76 valence electrons. The highest BCUT2D eigenvalue weighted by Gasteiger charge is 2.33. The van der Waals surface area contributed by atoms with Crippen LogP contribution in [0.3, 0.4) is 0 Å². The van der Waals surface area contributed by atoms with Gasteiger partial charge in [0, 0.05) is 7.11 Å². The van der Waals surface area contributed by atoms with Crippen LogP contribution >= 0.6 is 0 Å². The van der Waals surface area contributed by atoms with Gasteiger partial charge in [0.1, 0.15) is 11.8 Å². The number of nitriles is 1. The van der Waals surface area contributed by atoms with Crippen molar-refractivity contribution >= 4 is 0 Å². The lowest BCUT2D eigenvalue weighted by atomic mass is 10.2. The first-order valence-corrected chi connectivity index (χ1v) is 3.67. The molecule has 0 aliphatic rings. The molecule has 0 aliphatic heterocycles. The van der Waals surface area contributed by atoms with E-state index in [4.69, 9.17) is 5.26 Å². The Balaban J connectivity index is 3.08. The molecule has 0 bridgehead atoms.